The highest BCUT2D eigenvalue weighted by Crippen LogP contribution is 2.20. The molecular formula is C16H38BrNO3Si. The van der Waals surface area contributed by atoms with E-state index in [0.717, 1.165) is 10.7 Å². The van der Waals surface area contributed by atoms with Crippen molar-refractivity contribution in [3.63, 3.8) is 0 Å². The van der Waals surface area contributed by atoms with Crippen LogP contribution in [-0.2, 0) is 13.3 Å². The summed E-state index contributed by atoms with van der Waals surface area (Å²) in [6, 6.07) is 0. The van der Waals surface area contributed by atoms with Crippen LogP contribution in [0.15, 0.2) is 0 Å². The number of rotatable bonds is 14. The van der Waals surface area contributed by atoms with E-state index in [1.165, 1.54) is 38.9 Å². The first-order valence-corrected chi connectivity index (χ1v) is 10.8. The van der Waals surface area contributed by atoms with Gasteiger partial charge in [0.2, 0.25) is 0 Å². The zero-order valence-electron chi connectivity index (χ0n) is 15.6. The van der Waals surface area contributed by atoms with Crippen molar-refractivity contribution >= 4 is 8.80 Å². The number of nitrogens with zero attached hydrogens (tertiary/aromatic N) is 1. The van der Waals surface area contributed by atoms with Crippen molar-refractivity contribution in [1.29, 1.82) is 0 Å². The van der Waals surface area contributed by atoms with Crippen LogP contribution in [0.3, 0.4) is 0 Å². The summed E-state index contributed by atoms with van der Waals surface area (Å²) in [5.74, 6) is 0. The van der Waals surface area contributed by atoms with Crippen molar-refractivity contribution in [2.75, 3.05) is 45.6 Å². The second-order valence-electron chi connectivity index (χ2n) is 5.65. The van der Waals surface area contributed by atoms with Gasteiger partial charge >= 0.3 is 8.80 Å². The van der Waals surface area contributed by atoms with Crippen LogP contribution in [0.5, 0.6) is 0 Å². The third kappa shape index (κ3) is 8.41. The van der Waals surface area contributed by atoms with Crippen LogP contribution in [0.25, 0.3) is 0 Å². The summed E-state index contributed by atoms with van der Waals surface area (Å²) in [6.45, 7) is 18.5. The Hall–Kier alpha value is 0.537. The average Bonchev–Trinajstić information content (AvgIpc) is 2.40. The van der Waals surface area contributed by atoms with Crippen molar-refractivity contribution in [2.45, 2.75) is 60.8 Å². The van der Waals surface area contributed by atoms with Crippen molar-refractivity contribution < 1.29 is 34.7 Å². The van der Waals surface area contributed by atoms with Gasteiger partial charge in [0, 0.05) is 19.8 Å². The first-order chi connectivity index (χ1) is 10.1. The molecule has 0 unspecified atom stereocenters. The number of hydrogen-bond donors (Lipinski definition) is 0. The van der Waals surface area contributed by atoms with E-state index in [2.05, 4.69) is 20.8 Å². The molecule has 4 nitrogen and oxygen atoms in total. The molecule has 0 aromatic carbocycles. The maximum absolute atomic E-state index is 6.08. The maximum Gasteiger partial charge on any atom is 0.559 e. The zero-order chi connectivity index (χ0) is 16.2. The first-order valence-electron chi connectivity index (χ1n) is 8.84. The van der Waals surface area contributed by atoms with Crippen LogP contribution >= 0.6 is 0 Å². The minimum atomic E-state index is -2.57. The van der Waals surface area contributed by atoms with E-state index in [1.807, 2.05) is 20.8 Å². The minimum Gasteiger partial charge on any atom is -1.00 e. The second kappa shape index (κ2) is 13.9. The summed E-state index contributed by atoms with van der Waals surface area (Å²) in [6.07, 6.45) is 4.48. The predicted molar refractivity (Wildman–Crippen MR) is 91.2 cm³/mol. The van der Waals surface area contributed by atoms with E-state index < -0.39 is 8.80 Å². The molecule has 0 atom stereocenters. The van der Waals surface area contributed by atoms with Gasteiger partial charge in [-0.3, -0.25) is 0 Å². The lowest BCUT2D eigenvalue weighted by Gasteiger charge is -2.42. The van der Waals surface area contributed by atoms with Gasteiger partial charge in [0.15, 0.2) is 0 Å². The highest BCUT2D eigenvalue weighted by molar-refractivity contribution is 6.60. The molecule has 0 aliphatic carbocycles. The molecule has 0 amide bonds. The molecule has 0 aliphatic heterocycles. The Balaban J connectivity index is 0. The van der Waals surface area contributed by atoms with Crippen molar-refractivity contribution in [3.8, 4) is 0 Å². The SMILES string of the molecule is CCC[N+](CCC)(CCC)C[Si](OCC)(OCC)OCC.[Br-]. The molecule has 22 heavy (non-hydrogen) atoms. The standard InChI is InChI=1S/C16H38NO3Si.BrH/c1-7-13-17(14-8-2,15-9-3)16-21(18-10-4,19-11-5)20-12-6;/h7-16H2,1-6H3;1H/q+1;/p-1. The molecule has 0 saturated carbocycles. The van der Waals surface area contributed by atoms with Crippen LogP contribution in [0.2, 0.25) is 0 Å². The van der Waals surface area contributed by atoms with E-state index in [4.69, 9.17) is 13.3 Å². The Bertz CT molecular complexity index is 200. The van der Waals surface area contributed by atoms with E-state index in [-0.39, 0.29) is 17.0 Å². The molecule has 0 aliphatic rings. The van der Waals surface area contributed by atoms with E-state index in [1.54, 1.807) is 0 Å². The van der Waals surface area contributed by atoms with Gasteiger partial charge < -0.3 is 34.7 Å². The van der Waals surface area contributed by atoms with E-state index in [9.17, 15) is 0 Å². The fourth-order valence-corrected chi connectivity index (χ4v) is 6.47. The Morgan fingerprint density at radius 2 is 0.955 bits per heavy atom. The quantitative estimate of drug-likeness (QED) is 0.316. The normalized spacial score (nSPS) is 12.3. The summed E-state index contributed by atoms with van der Waals surface area (Å²) in [5.41, 5.74) is 0. The largest absolute Gasteiger partial charge is 1.00 e. The molecule has 0 bridgehead atoms. The zero-order valence-corrected chi connectivity index (χ0v) is 18.2. The van der Waals surface area contributed by atoms with Crippen molar-refractivity contribution in [2.24, 2.45) is 0 Å². The fraction of sp³-hybridized carbons (Fsp3) is 1.00. The smallest absolute Gasteiger partial charge is 0.559 e. The molecule has 0 radical (unpaired) electrons. The van der Waals surface area contributed by atoms with Crippen LogP contribution in [0.1, 0.15) is 60.8 Å². The van der Waals surface area contributed by atoms with Crippen molar-refractivity contribution in [1.82, 2.24) is 0 Å². The first kappa shape index (κ1) is 24.8. The molecule has 0 aromatic rings. The Morgan fingerprint density at radius 3 is 1.18 bits per heavy atom. The van der Waals surface area contributed by atoms with Gasteiger partial charge in [-0.25, -0.2) is 0 Å². The van der Waals surface area contributed by atoms with Gasteiger partial charge in [0.05, 0.1) is 19.6 Å². The topological polar surface area (TPSA) is 27.7 Å². The number of halogens is 1. The van der Waals surface area contributed by atoms with Gasteiger partial charge in [-0.1, -0.05) is 20.8 Å². The molecule has 0 fully saturated rings. The summed E-state index contributed by atoms with van der Waals surface area (Å²) < 4.78 is 19.3. The van der Waals surface area contributed by atoms with E-state index in [0.29, 0.717) is 19.8 Å². The van der Waals surface area contributed by atoms with Crippen LogP contribution in [-0.4, -0.2) is 58.9 Å². The van der Waals surface area contributed by atoms with E-state index >= 15 is 0 Å². The molecule has 0 heterocycles. The summed E-state index contributed by atoms with van der Waals surface area (Å²) in [4.78, 5) is 0. The molecule has 0 saturated heterocycles. The van der Waals surface area contributed by atoms with Gasteiger partial charge in [0.25, 0.3) is 0 Å². The van der Waals surface area contributed by atoms with Gasteiger partial charge in [0.1, 0.15) is 6.17 Å². The number of hydrogen-bond acceptors (Lipinski definition) is 3. The van der Waals surface area contributed by atoms with Crippen molar-refractivity contribution in [3.05, 3.63) is 0 Å². The minimum absolute atomic E-state index is 0. The molecule has 136 valence electrons. The molecule has 0 spiro atoms. The lowest BCUT2D eigenvalue weighted by Crippen LogP contribution is -3.00. The summed E-state index contributed by atoms with van der Waals surface area (Å²) in [7, 11) is -2.57. The lowest BCUT2D eigenvalue weighted by atomic mass is 10.2. The average molecular weight is 400 g/mol. The molecule has 0 aromatic heterocycles. The summed E-state index contributed by atoms with van der Waals surface area (Å²) in [5, 5.41) is 0. The second-order valence-corrected chi connectivity index (χ2v) is 8.20. The molecule has 6 heteroatoms. The predicted octanol–water partition coefficient (Wildman–Crippen LogP) is 0.625. The Labute approximate surface area is 150 Å². The van der Waals surface area contributed by atoms with Crippen LogP contribution in [0.4, 0.5) is 0 Å². The Kier molecular flexibility index (Phi) is 15.7. The van der Waals surface area contributed by atoms with Gasteiger partial charge in [-0.15, -0.1) is 0 Å². The highest BCUT2D eigenvalue weighted by Gasteiger charge is 2.49. The number of quaternary nitrogens is 1. The van der Waals surface area contributed by atoms with Crippen LogP contribution < -0.4 is 17.0 Å². The fourth-order valence-electron chi connectivity index (χ4n) is 3.33. The molecule has 0 N–H and O–H groups in total. The molecule has 0 rings (SSSR count). The van der Waals surface area contributed by atoms with Crippen LogP contribution in [0, 0.1) is 0 Å². The monoisotopic (exact) mass is 399 g/mol. The third-order valence-corrected chi connectivity index (χ3v) is 6.96. The van der Waals surface area contributed by atoms with Gasteiger partial charge in [-0.05, 0) is 40.0 Å². The lowest BCUT2D eigenvalue weighted by molar-refractivity contribution is -0.921. The Morgan fingerprint density at radius 1 is 0.636 bits per heavy atom. The third-order valence-electron chi connectivity index (χ3n) is 3.72. The molecular weight excluding hydrogens is 362 g/mol. The summed E-state index contributed by atoms with van der Waals surface area (Å²) >= 11 is 0. The maximum atomic E-state index is 6.08. The highest BCUT2D eigenvalue weighted by atomic mass is 79.9. The van der Waals surface area contributed by atoms with Gasteiger partial charge in [-0.2, -0.15) is 0 Å².